The van der Waals surface area contributed by atoms with Crippen LogP contribution >= 0.6 is 0 Å². The molecule has 15 heavy (non-hydrogen) atoms. The molecule has 0 bridgehead atoms. The second-order valence-corrected chi connectivity index (χ2v) is 3.49. The summed E-state index contributed by atoms with van der Waals surface area (Å²) in [5.41, 5.74) is 0. The molecule has 1 atom stereocenters. The zero-order valence-electron chi connectivity index (χ0n) is 8.59. The highest BCUT2D eigenvalue weighted by molar-refractivity contribution is 5.85. The van der Waals surface area contributed by atoms with E-state index in [0.29, 0.717) is 19.5 Å². The van der Waals surface area contributed by atoms with Crippen molar-refractivity contribution in [1.82, 2.24) is 4.90 Å². The Morgan fingerprint density at radius 1 is 1.73 bits per heavy atom. The fourth-order valence-electron chi connectivity index (χ4n) is 1.57. The summed E-state index contributed by atoms with van der Waals surface area (Å²) in [6.07, 6.45) is 1.36. The maximum atomic E-state index is 10.4. The largest absolute Gasteiger partial charge is 0.481 e. The Morgan fingerprint density at radius 3 is 3.07 bits per heavy atom. The van der Waals surface area contributed by atoms with Crippen molar-refractivity contribution in [3.05, 3.63) is 12.7 Å². The number of aliphatic hydroxyl groups excluding tert-OH is 1. The number of rotatable bonds is 6. The third-order valence-electron chi connectivity index (χ3n) is 2.20. The molecular formula is C10H16N2O3. The molecular weight excluding hydrogens is 196 g/mol. The molecule has 2 N–H and O–H groups in total. The molecule has 0 aliphatic carbocycles. The van der Waals surface area contributed by atoms with E-state index in [9.17, 15) is 9.90 Å². The van der Waals surface area contributed by atoms with Gasteiger partial charge in [0.25, 0.3) is 0 Å². The van der Waals surface area contributed by atoms with Gasteiger partial charge in [-0.2, -0.15) is 0 Å². The highest BCUT2D eigenvalue weighted by Gasteiger charge is 2.20. The van der Waals surface area contributed by atoms with Crippen molar-refractivity contribution in [2.24, 2.45) is 4.99 Å². The number of carbonyl (C=O) groups is 1. The van der Waals surface area contributed by atoms with Gasteiger partial charge in [-0.1, -0.05) is 6.08 Å². The minimum absolute atomic E-state index is 0.224. The molecule has 5 nitrogen and oxygen atoms in total. The van der Waals surface area contributed by atoms with Crippen LogP contribution in [0.4, 0.5) is 0 Å². The third kappa shape index (κ3) is 3.71. The van der Waals surface area contributed by atoms with Gasteiger partial charge in [-0.3, -0.25) is 9.79 Å². The standard InChI is InChI=1S/C10H16N2O3/c1-2-3-9-11-4-5-12(9)7-8(13)6-10(14)15/h2,8,13H,1,3-7H2,(H,14,15). The van der Waals surface area contributed by atoms with E-state index in [-0.39, 0.29) is 6.42 Å². The second kappa shape index (κ2) is 5.50. The predicted octanol–water partition coefficient (Wildman–Crippen LogP) is 0.112. The monoisotopic (exact) mass is 212 g/mol. The smallest absolute Gasteiger partial charge is 0.306 e. The van der Waals surface area contributed by atoms with Gasteiger partial charge < -0.3 is 15.1 Å². The third-order valence-corrected chi connectivity index (χ3v) is 2.20. The first-order valence-corrected chi connectivity index (χ1v) is 4.92. The minimum atomic E-state index is -0.982. The van der Waals surface area contributed by atoms with E-state index in [1.807, 2.05) is 4.90 Å². The van der Waals surface area contributed by atoms with Crippen LogP contribution in [0.1, 0.15) is 12.8 Å². The Hall–Kier alpha value is -1.36. The first-order valence-electron chi connectivity index (χ1n) is 4.92. The lowest BCUT2D eigenvalue weighted by atomic mass is 10.2. The number of aliphatic carboxylic acids is 1. The van der Waals surface area contributed by atoms with Crippen molar-refractivity contribution in [2.45, 2.75) is 18.9 Å². The van der Waals surface area contributed by atoms with E-state index < -0.39 is 12.1 Å². The summed E-state index contributed by atoms with van der Waals surface area (Å²) in [5.74, 6) is -0.0988. The summed E-state index contributed by atoms with van der Waals surface area (Å²) in [7, 11) is 0. The van der Waals surface area contributed by atoms with Crippen LogP contribution in [-0.4, -0.2) is 52.7 Å². The second-order valence-electron chi connectivity index (χ2n) is 3.49. The number of amidine groups is 1. The average Bonchev–Trinajstić information content (AvgIpc) is 2.52. The molecule has 0 radical (unpaired) electrons. The lowest BCUT2D eigenvalue weighted by molar-refractivity contribution is -0.139. The van der Waals surface area contributed by atoms with Crippen molar-refractivity contribution in [1.29, 1.82) is 0 Å². The predicted molar refractivity (Wildman–Crippen MR) is 56.9 cm³/mol. The molecule has 1 unspecified atom stereocenters. The van der Waals surface area contributed by atoms with Crippen LogP contribution in [0.5, 0.6) is 0 Å². The number of aliphatic hydroxyl groups is 1. The van der Waals surface area contributed by atoms with Gasteiger partial charge in [0.2, 0.25) is 0 Å². The molecule has 0 amide bonds. The zero-order chi connectivity index (χ0) is 11.3. The van der Waals surface area contributed by atoms with Gasteiger partial charge >= 0.3 is 5.97 Å². The Bertz CT molecular complexity index is 276. The fraction of sp³-hybridized carbons (Fsp3) is 0.600. The highest BCUT2D eigenvalue weighted by atomic mass is 16.4. The molecule has 5 heteroatoms. The van der Waals surface area contributed by atoms with Crippen molar-refractivity contribution in [3.8, 4) is 0 Å². The molecule has 1 aliphatic rings. The van der Waals surface area contributed by atoms with Gasteiger partial charge in [-0.25, -0.2) is 0 Å². The number of nitrogens with zero attached hydrogens (tertiary/aromatic N) is 2. The van der Waals surface area contributed by atoms with Gasteiger partial charge in [-0.05, 0) is 0 Å². The molecule has 1 heterocycles. The fourth-order valence-corrected chi connectivity index (χ4v) is 1.57. The maximum Gasteiger partial charge on any atom is 0.306 e. The summed E-state index contributed by atoms with van der Waals surface area (Å²) in [6, 6.07) is 0. The van der Waals surface area contributed by atoms with Crippen LogP contribution in [0.3, 0.4) is 0 Å². The zero-order valence-corrected chi connectivity index (χ0v) is 8.59. The molecule has 0 saturated heterocycles. The number of aliphatic imine (C=N–C) groups is 1. The Balaban J connectivity index is 2.40. The van der Waals surface area contributed by atoms with E-state index in [4.69, 9.17) is 5.11 Å². The molecule has 0 saturated carbocycles. The van der Waals surface area contributed by atoms with Crippen LogP contribution in [0.25, 0.3) is 0 Å². The van der Waals surface area contributed by atoms with Crippen molar-refractivity contribution < 1.29 is 15.0 Å². The topological polar surface area (TPSA) is 73.1 Å². The van der Waals surface area contributed by atoms with E-state index >= 15 is 0 Å². The van der Waals surface area contributed by atoms with E-state index in [1.54, 1.807) is 6.08 Å². The summed E-state index contributed by atoms with van der Waals surface area (Å²) in [5, 5.41) is 18.0. The summed E-state index contributed by atoms with van der Waals surface area (Å²) in [6.45, 7) is 5.42. The van der Waals surface area contributed by atoms with Crippen LogP contribution in [0.15, 0.2) is 17.6 Å². The van der Waals surface area contributed by atoms with Gasteiger partial charge in [0, 0.05) is 19.5 Å². The molecule has 0 aromatic rings. The first kappa shape index (κ1) is 11.7. The molecule has 84 valence electrons. The lowest BCUT2D eigenvalue weighted by Crippen LogP contribution is -2.36. The van der Waals surface area contributed by atoms with Crippen molar-refractivity contribution >= 4 is 11.8 Å². The van der Waals surface area contributed by atoms with Crippen LogP contribution in [0.2, 0.25) is 0 Å². The quantitative estimate of drug-likeness (QED) is 0.613. The summed E-state index contributed by atoms with van der Waals surface area (Å²) >= 11 is 0. The average molecular weight is 212 g/mol. The Kier molecular flexibility index (Phi) is 4.30. The number of hydrogen-bond acceptors (Lipinski definition) is 4. The minimum Gasteiger partial charge on any atom is -0.481 e. The van der Waals surface area contributed by atoms with Crippen molar-refractivity contribution in [3.63, 3.8) is 0 Å². The van der Waals surface area contributed by atoms with Gasteiger partial charge in [0.05, 0.1) is 19.1 Å². The van der Waals surface area contributed by atoms with E-state index in [1.165, 1.54) is 0 Å². The normalized spacial score (nSPS) is 17.4. The van der Waals surface area contributed by atoms with Crippen molar-refractivity contribution in [2.75, 3.05) is 19.6 Å². The van der Waals surface area contributed by atoms with Crippen LogP contribution < -0.4 is 0 Å². The van der Waals surface area contributed by atoms with Crippen LogP contribution in [-0.2, 0) is 4.79 Å². The highest BCUT2D eigenvalue weighted by Crippen LogP contribution is 2.07. The Labute approximate surface area is 88.7 Å². The van der Waals surface area contributed by atoms with Gasteiger partial charge in [-0.15, -0.1) is 6.58 Å². The molecule has 0 spiro atoms. The molecule has 0 aromatic heterocycles. The number of carboxylic acid groups (broad SMARTS) is 1. The maximum absolute atomic E-state index is 10.4. The summed E-state index contributed by atoms with van der Waals surface area (Å²) < 4.78 is 0. The lowest BCUT2D eigenvalue weighted by Gasteiger charge is -2.22. The number of hydrogen-bond donors (Lipinski definition) is 2. The molecule has 0 fully saturated rings. The van der Waals surface area contributed by atoms with Crippen LogP contribution in [0, 0.1) is 0 Å². The molecule has 1 rings (SSSR count). The Morgan fingerprint density at radius 2 is 2.47 bits per heavy atom. The van der Waals surface area contributed by atoms with Gasteiger partial charge in [0.1, 0.15) is 5.84 Å². The SMILES string of the molecule is C=CCC1=NCCN1CC(O)CC(=O)O. The van der Waals surface area contributed by atoms with Gasteiger partial charge in [0.15, 0.2) is 0 Å². The summed E-state index contributed by atoms with van der Waals surface area (Å²) in [4.78, 5) is 16.5. The molecule has 0 aromatic carbocycles. The molecule has 1 aliphatic heterocycles. The number of β-amino-alcohol motifs (C(OH)–C–C–N with tert-alkyl or cyclic N) is 1. The van der Waals surface area contributed by atoms with E-state index in [2.05, 4.69) is 11.6 Å². The first-order chi connectivity index (χ1) is 7.13. The number of carboxylic acids is 1. The van der Waals surface area contributed by atoms with E-state index in [0.717, 1.165) is 12.4 Å².